The summed E-state index contributed by atoms with van der Waals surface area (Å²) in [7, 11) is 0. The lowest BCUT2D eigenvalue weighted by molar-refractivity contribution is 0.0994. The van der Waals surface area contributed by atoms with Crippen LogP contribution in [0.3, 0.4) is 0 Å². The first-order valence-corrected chi connectivity index (χ1v) is 6.05. The SMILES string of the molecule is CC1CCCC(Nc2ccc(C(N)=O)nn2)C1. The summed E-state index contributed by atoms with van der Waals surface area (Å²) in [5.41, 5.74) is 5.31. The van der Waals surface area contributed by atoms with E-state index in [1.54, 1.807) is 12.1 Å². The standard InChI is InChI=1S/C12H18N4O/c1-8-3-2-4-9(7-8)14-11-6-5-10(12(13)17)15-16-11/h5-6,8-9H,2-4,7H2,1H3,(H2,13,17)(H,14,16). The van der Waals surface area contributed by atoms with Crippen LogP contribution in [0, 0.1) is 5.92 Å². The number of primary amides is 1. The molecule has 1 amide bonds. The fourth-order valence-corrected chi connectivity index (χ4v) is 2.32. The Hall–Kier alpha value is -1.65. The van der Waals surface area contributed by atoms with Gasteiger partial charge in [-0.05, 0) is 30.9 Å². The number of carbonyl (C=O) groups is 1. The molecule has 0 aliphatic heterocycles. The molecule has 2 rings (SSSR count). The fraction of sp³-hybridized carbons (Fsp3) is 0.583. The lowest BCUT2D eigenvalue weighted by Gasteiger charge is -2.27. The number of carbonyl (C=O) groups excluding carboxylic acids is 1. The van der Waals surface area contributed by atoms with Gasteiger partial charge in [0.25, 0.3) is 5.91 Å². The molecule has 1 saturated carbocycles. The van der Waals surface area contributed by atoms with Crippen molar-refractivity contribution in [3.8, 4) is 0 Å². The van der Waals surface area contributed by atoms with E-state index in [0.29, 0.717) is 11.9 Å². The first-order chi connectivity index (χ1) is 8.15. The van der Waals surface area contributed by atoms with Gasteiger partial charge in [-0.25, -0.2) is 0 Å². The van der Waals surface area contributed by atoms with E-state index >= 15 is 0 Å². The van der Waals surface area contributed by atoms with E-state index in [0.717, 1.165) is 5.92 Å². The zero-order valence-corrected chi connectivity index (χ0v) is 10.0. The van der Waals surface area contributed by atoms with Gasteiger partial charge in [0.05, 0.1) is 0 Å². The molecule has 3 N–H and O–H groups in total. The maximum Gasteiger partial charge on any atom is 0.269 e. The van der Waals surface area contributed by atoms with E-state index in [1.807, 2.05) is 0 Å². The van der Waals surface area contributed by atoms with E-state index < -0.39 is 5.91 Å². The molecule has 0 aromatic carbocycles. The highest BCUT2D eigenvalue weighted by Crippen LogP contribution is 2.25. The van der Waals surface area contributed by atoms with Gasteiger partial charge in [-0.2, -0.15) is 0 Å². The van der Waals surface area contributed by atoms with Crippen LogP contribution in [0.15, 0.2) is 12.1 Å². The highest BCUT2D eigenvalue weighted by molar-refractivity contribution is 5.90. The van der Waals surface area contributed by atoms with Crippen LogP contribution in [-0.4, -0.2) is 22.1 Å². The van der Waals surface area contributed by atoms with Crippen LogP contribution in [-0.2, 0) is 0 Å². The van der Waals surface area contributed by atoms with Crippen LogP contribution in [0.1, 0.15) is 43.1 Å². The molecule has 1 fully saturated rings. The zero-order chi connectivity index (χ0) is 12.3. The summed E-state index contributed by atoms with van der Waals surface area (Å²) in [6.45, 7) is 2.27. The van der Waals surface area contributed by atoms with Crippen molar-refractivity contribution in [2.24, 2.45) is 11.7 Å². The summed E-state index contributed by atoms with van der Waals surface area (Å²) in [5, 5.41) is 11.1. The number of nitrogens with zero attached hydrogens (tertiary/aromatic N) is 2. The second kappa shape index (κ2) is 5.12. The van der Waals surface area contributed by atoms with Crippen molar-refractivity contribution in [2.75, 3.05) is 5.32 Å². The van der Waals surface area contributed by atoms with Crippen LogP contribution in [0.4, 0.5) is 5.82 Å². The molecule has 0 saturated heterocycles. The number of anilines is 1. The molecule has 92 valence electrons. The maximum absolute atomic E-state index is 10.8. The Balaban J connectivity index is 1.96. The third-order valence-electron chi connectivity index (χ3n) is 3.21. The van der Waals surface area contributed by atoms with E-state index in [1.165, 1.54) is 25.7 Å². The first-order valence-electron chi connectivity index (χ1n) is 6.05. The third-order valence-corrected chi connectivity index (χ3v) is 3.21. The Kier molecular flexibility index (Phi) is 3.56. The maximum atomic E-state index is 10.8. The predicted octanol–water partition coefficient (Wildman–Crippen LogP) is 1.57. The van der Waals surface area contributed by atoms with Crippen molar-refractivity contribution in [1.29, 1.82) is 0 Å². The van der Waals surface area contributed by atoms with Gasteiger partial charge in [-0.15, -0.1) is 10.2 Å². The van der Waals surface area contributed by atoms with Crippen LogP contribution in [0.2, 0.25) is 0 Å². The second-order valence-corrected chi connectivity index (χ2v) is 4.78. The molecule has 5 heteroatoms. The number of rotatable bonds is 3. The summed E-state index contributed by atoms with van der Waals surface area (Å²) < 4.78 is 0. The topological polar surface area (TPSA) is 80.9 Å². The van der Waals surface area contributed by atoms with Crippen LogP contribution in [0.5, 0.6) is 0 Å². The van der Waals surface area contributed by atoms with Crippen LogP contribution >= 0.6 is 0 Å². The van der Waals surface area contributed by atoms with Crippen molar-refractivity contribution in [1.82, 2.24) is 10.2 Å². The summed E-state index contributed by atoms with van der Waals surface area (Å²) >= 11 is 0. The number of nitrogens with one attached hydrogen (secondary N) is 1. The number of hydrogen-bond donors (Lipinski definition) is 2. The summed E-state index contributed by atoms with van der Waals surface area (Å²) in [5.74, 6) is 0.934. The van der Waals surface area contributed by atoms with Crippen molar-refractivity contribution in [2.45, 2.75) is 38.6 Å². The summed E-state index contributed by atoms with van der Waals surface area (Å²) in [4.78, 5) is 10.8. The van der Waals surface area contributed by atoms with Gasteiger partial charge in [0.15, 0.2) is 5.69 Å². The number of aromatic nitrogens is 2. The van der Waals surface area contributed by atoms with Gasteiger partial charge in [0, 0.05) is 6.04 Å². The third kappa shape index (κ3) is 3.15. The Labute approximate surface area is 101 Å². The molecule has 1 aromatic rings. The van der Waals surface area contributed by atoms with E-state index in [4.69, 9.17) is 5.73 Å². The Morgan fingerprint density at radius 1 is 1.41 bits per heavy atom. The van der Waals surface area contributed by atoms with Crippen LogP contribution in [0.25, 0.3) is 0 Å². The van der Waals surface area contributed by atoms with Crippen LogP contribution < -0.4 is 11.1 Å². The highest BCUT2D eigenvalue weighted by Gasteiger charge is 2.18. The number of nitrogens with two attached hydrogens (primary N) is 1. The van der Waals surface area contributed by atoms with E-state index in [2.05, 4.69) is 22.4 Å². The minimum Gasteiger partial charge on any atom is -0.366 e. The van der Waals surface area contributed by atoms with Crippen molar-refractivity contribution >= 4 is 11.7 Å². The van der Waals surface area contributed by atoms with Gasteiger partial charge < -0.3 is 11.1 Å². The lowest BCUT2D eigenvalue weighted by atomic mass is 9.87. The molecule has 0 bridgehead atoms. The Morgan fingerprint density at radius 2 is 2.24 bits per heavy atom. The van der Waals surface area contributed by atoms with Gasteiger partial charge in [0.2, 0.25) is 0 Å². The second-order valence-electron chi connectivity index (χ2n) is 4.78. The van der Waals surface area contributed by atoms with Gasteiger partial charge in [-0.3, -0.25) is 4.79 Å². The Bertz CT molecular complexity index is 390. The molecule has 0 spiro atoms. The molecular weight excluding hydrogens is 216 g/mol. The van der Waals surface area contributed by atoms with Crippen molar-refractivity contribution in [3.05, 3.63) is 17.8 Å². The molecule has 1 aromatic heterocycles. The van der Waals surface area contributed by atoms with Gasteiger partial charge in [0.1, 0.15) is 5.82 Å². The van der Waals surface area contributed by atoms with Crippen molar-refractivity contribution < 1.29 is 4.79 Å². The first kappa shape index (κ1) is 11.8. The molecule has 2 unspecified atom stereocenters. The molecule has 1 aliphatic carbocycles. The predicted molar refractivity (Wildman–Crippen MR) is 65.6 cm³/mol. The monoisotopic (exact) mass is 234 g/mol. The van der Waals surface area contributed by atoms with Gasteiger partial charge >= 0.3 is 0 Å². The smallest absolute Gasteiger partial charge is 0.269 e. The molecule has 0 radical (unpaired) electrons. The summed E-state index contributed by atoms with van der Waals surface area (Å²) in [6, 6.07) is 3.82. The number of amides is 1. The molecule has 2 atom stereocenters. The van der Waals surface area contributed by atoms with Crippen molar-refractivity contribution in [3.63, 3.8) is 0 Å². The zero-order valence-electron chi connectivity index (χ0n) is 10.0. The molecule has 1 aliphatic rings. The minimum absolute atomic E-state index is 0.201. The fourth-order valence-electron chi connectivity index (χ4n) is 2.32. The van der Waals surface area contributed by atoms with E-state index in [-0.39, 0.29) is 5.69 Å². The van der Waals surface area contributed by atoms with E-state index in [9.17, 15) is 4.79 Å². The normalized spacial score (nSPS) is 24.3. The lowest BCUT2D eigenvalue weighted by Crippen LogP contribution is -2.27. The molecule has 5 nitrogen and oxygen atoms in total. The average Bonchev–Trinajstić information content (AvgIpc) is 2.29. The number of hydrogen-bond acceptors (Lipinski definition) is 4. The molecular formula is C12H18N4O. The largest absolute Gasteiger partial charge is 0.366 e. The average molecular weight is 234 g/mol. The summed E-state index contributed by atoms with van der Waals surface area (Å²) in [6.07, 6.45) is 4.90. The van der Waals surface area contributed by atoms with Gasteiger partial charge in [-0.1, -0.05) is 19.8 Å². The molecule has 17 heavy (non-hydrogen) atoms. The molecule has 1 heterocycles. The Morgan fingerprint density at radius 3 is 2.82 bits per heavy atom. The minimum atomic E-state index is -0.546. The highest BCUT2D eigenvalue weighted by atomic mass is 16.1. The quantitative estimate of drug-likeness (QED) is 0.831.